The van der Waals surface area contributed by atoms with E-state index in [1.165, 1.54) is 11.8 Å². The molecule has 20 heavy (non-hydrogen) atoms. The molecule has 5 nitrogen and oxygen atoms in total. The summed E-state index contributed by atoms with van der Waals surface area (Å²) in [6.45, 7) is 0. The predicted molar refractivity (Wildman–Crippen MR) is 72.9 cm³/mol. The van der Waals surface area contributed by atoms with Crippen molar-refractivity contribution in [2.75, 3.05) is 0 Å². The number of carbonyl (C=O) groups excluding carboxylic acids is 2. The summed E-state index contributed by atoms with van der Waals surface area (Å²) in [6.07, 6.45) is 1.02. The number of hydrogen-bond acceptors (Lipinski definition) is 4. The van der Waals surface area contributed by atoms with Crippen molar-refractivity contribution in [3.05, 3.63) is 48.3 Å². The van der Waals surface area contributed by atoms with E-state index in [0.29, 0.717) is 0 Å². The van der Waals surface area contributed by atoms with Gasteiger partial charge in [-0.3, -0.25) is 9.59 Å². The molecular weight excluding hydrogens is 278 g/mol. The Morgan fingerprint density at radius 3 is 2.45 bits per heavy atom. The van der Waals surface area contributed by atoms with Crippen LogP contribution in [0.2, 0.25) is 0 Å². The molecule has 2 aromatic rings. The largest absolute Gasteiger partial charge is 0.475 e. The highest BCUT2D eigenvalue weighted by atomic mass is 32.2. The fraction of sp³-hybridized carbons (Fsp3) is 0.0714. The zero-order valence-corrected chi connectivity index (χ0v) is 11.1. The molecule has 0 amide bonds. The topological polar surface area (TPSA) is 87.2 Å². The van der Waals surface area contributed by atoms with E-state index in [1.807, 2.05) is 30.3 Å². The Bertz CT molecular complexity index is 648. The summed E-state index contributed by atoms with van der Waals surface area (Å²) in [6, 6.07) is 11.2. The van der Waals surface area contributed by atoms with Gasteiger partial charge in [0.2, 0.25) is 5.78 Å². The van der Waals surface area contributed by atoms with Crippen molar-refractivity contribution in [3.8, 4) is 0 Å². The van der Waals surface area contributed by atoms with Crippen LogP contribution in [0.25, 0.3) is 0 Å². The molecule has 0 bridgehead atoms. The van der Waals surface area contributed by atoms with Gasteiger partial charge >= 0.3 is 5.97 Å². The number of Topliss-reactive ketones (excluding diaryl/α,β-unsaturated/α-hetero) is 2. The van der Waals surface area contributed by atoms with E-state index in [-0.39, 0.29) is 5.69 Å². The van der Waals surface area contributed by atoms with E-state index in [4.69, 9.17) is 5.11 Å². The van der Waals surface area contributed by atoms with Gasteiger partial charge in [-0.1, -0.05) is 30.0 Å². The SMILES string of the molecule is O=C(O)C(=O)CC(=O)c1cc(Sc2ccccc2)c[nH]1. The Kier molecular flexibility index (Phi) is 4.37. The summed E-state index contributed by atoms with van der Waals surface area (Å²) >= 11 is 1.47. The molecule has 102 valence electrons. The molecule has 0 aliphatic rings. The minimum Gasteiger partial charge on any atom is -0.475 e. The molecule has 0 radical (unpaired) electrons. The molecule has 2 N–H and O–H groups in total. The van der Waals surface area contributed by atoms with E-state index in [9.17, 15) is 14.4 Å². The maximum absolute atomic E-state index is 11.7. The second kappa shape index (κ2) is 6.21. The van der Waals surface area contributed by atoms with Gasteiger partial charge in [-0.25, -0.2) is 4.79 Å². The first-order valence-electron chi connectivity index (χ1n) is 5.77. The summed E-state index contributed by atoms with van der Waals surface area (Å²) in [5.41, 5.74) is 0.234. The van der Waals surface area contributed by atoms with Gasteiger partial charge < -0.3 is 10.1 Å². The lowest BCUT2D eigenvalue weighted by Crippen LogP contribution is -2.17. The average molecular weight is 289 g/mol. The number of carboxylic acids is 1. The van der Waals surface area contributed by atoms with Gasteiger partial charge in [0.25, 0.3) is 0 Å². The number of ketones is 2. The lowest BCUT2D eigenvalue weighted by atomic mass is 10.1. The smallest absolute Gasteiger partial charge is 0.372 e. The number of hydrogen-bond donors (Lipinski definition) is 2. The first-order chi connectivity index (χ1) is 9.56. The van der Waals surface area contributed by atoms with Crippen LogP contribution in [0.5, 0.6) is 0 Å². The lowest BCUT2D eigenvalue weighted by molar-refractivity contribution is -0.148. The first kappa shape index (κ1) is 14.1. The third-order valence-corrected chi connectivity index (χ3v) is 3.47. The molecule has 0 unspecified atom stereocenters. The van der Waals surface area contributed by atoms with Gasteiger partial charge in [-0.15, -0.1) is 0 Å². The molecule has 0 aliphatic heterocycles. The second-order valence-corrected chi connectivity index (χ2v) is 5.14. The van der Waals surface area contributed by atoms with E-state index < -0.39 is 24.0 Å². The Hall–Kier alpha value is -2.34. The number of benzene rings is 1. The van der Waals surface area contributed by atoms with Crippen LogP contribution in [-0.2, 0) is 9.59 Å². The van der Waals surface area contributed by atoms with Crippen molar-refractivity contribution in [1.29, 1.82) is 0 Å². The van der Waals surface area contributed by atoms with Crippen LogP contribution in [0.4, 0.5) is 0 Å². The van der Waals surface area contributed by atoms with Crippen LogP contribution < -0.4 is 0 Å². The highest BCUT2D eigenvalue weighted by Crippen LogP contribution is 2.27. The van der Waals surface area contributed by atoms with Crippen molar-refractivity contribution in [1.82, 2.24) is 4.98 Å². The Balaban J connectivity index is 2.04. The van der Waals surface area contributed by atoms with Crippen molar-refractivity contribution in [3.63, 3.8) is 0 Å². The molecule has 6 heteroatoms. The molecule has 0 aliphatic carbocycles. The standard InChI is InChI=1S/C14H11NO4S/c16-12(7-13(17)14(18)19)11-6-10(8-15-11)20-9-4-2-1-3-5-9/h1-6,8,15H,7H2,(H,18,19). The maximum Gasteiger partial charge on any atom is 0.372 e. The molecule has 0 saturated heterocycles. The fourth-order valence-electron chi connectivity index (χ4n) is 1.54. The van der Waals surface area contributed by atoms with Crippen LogP contribution >= 0.6 is 11.8 Å². The van der Waals surface area contributed by atoms with Crippen molar-refractivity contribution in [2.24, 2.45) is 0 Å². The third kappa shape index (κ3) is 3.58. The highest BCUT2D eigenvalue weighted by Gasteiger charge is 2.18. The van der Waals surface area contributed by atoms with Gasteiger partial charge in [-0.05, 0) is 18.2 Å². The monoisotopic (exact) mass is 289 g/mol. The number of H-pyrrole nitrogens is 1. The third-order valence-electron chi connectivity index (χ3n) is 2.50. The predicted octanol–water partition coefficient (Wildman–Crippen LogP) is 2.39. The van der Waals surface area contributed by atoms with Gasteiger partial charge in [-0.2, -0.15) is 0 Å². The number of aromatic nitrogens is 1. The van der Waals surface area contributed by atoms with Crippen LogP contribution in [0, 0.1) is 0 Å². The molecule has 0 spiro atoms. The van der Waals surface area contributed by atoms with Gasteiger partial charge in [0, 0.05) is 16.0 Å². The molecule has 0 atom stereocenters. The van der Waals surface area contributed by atoms with E-state index in [2.05, 4.69) is 4.98 Å². The van der Waals surface area contributed by atoms with Crippen molar-refractivity contribution >= 4 is 29.3 Å². The van der Waals surface area contributed by atoms with E-state index in [0.717, 1.165) is 9.79 Å². The summed E-state index contributed by atoms with van der Waals surface area (Å²) in [5.74, 6) is -3.23. The van der Waals surface area contributed by atoms with Gasteiger partial charge in [0.1, 0.15) is 0 Å². The highest BCUT2D eigenvalue weighted by molar-refractivity contribution is 7.99. The zero-order valence-electron chi connectivity index (χ0n) is 10.3. The Morgan fingerprint density at radius 2 is 1.80 bits per heavy atom. The maximum atomic E-state index is 11.7. The molecule has 1 heterocycles. The van der Waals surface area contributed by atoms with Crippen LogP contribution in [-0.4, -0.2) is 27.6 Å². The zero-order chi connectivity index (χ0) is 14.5. The fourth-order valence-corrected chi connectivity index (χ4v) is 2.40. The number of rotatable bonds is 6. The van der Waals surface area contributed by atoms with Gasteiger partial charge in [0.15, 0.2) is 5.78 Å². The first-order valence-corrected chi connectivity index (χ1v) is 6.58. The summed E-state index contributed by atoms with van der Waals surface area (Å²) in [4.78, 5) is 37.7. The molecule has 1 aromatic heterocycles. The number of nitrogens with one attached hydrogen (secondary N) is 1. The quantitative estimate of drug-likeness (QED) is 0.484. The summed E-state index contributed by atoms with van der Waals surface area (Å²) in [5, 5.41) is 8.46. The second-order valence-electron chi connectivity index (χ2n) is 3.99. The Labute approximate surface area is 119 Å². The number of carbonyl (C=O) groups is 3. The minimum atomic E-state index is -1.59. The average Bonchev–Trinajstić information content (AvgIpc) is 2.88. The summed E-state index contributed by atoms with van der Waals surface area (Å²) in [7, 11) is 0. The molecule has 2 rings (SSSR count). The minimum absolute atomic E-state index is 0.234. The van der Waals surface area contributed by atoms with Gasteiger partial charge in [0.05, 0.1) is 12.1 Å². The van der Waals surface area contributed by atoms with Crippen molar-refractivity contribution < 1.29 is 19.5 Å². The summed E-state index contributed by atoms with van der Waals surface area (Å²) < 4.78 is 0. The van der Waals surface area contributed by atoms with E-state index in [1.54, 1.807) is 12.3 Å². The van der Waals surface area contributed by atoms with Crippen LogP contribution in [0.15, 0.2) is 52.4 Å². The normalized spacial score (nSPS) is 10.2. The molecule has 1 aromatic carbocycles. The number of aliphatic carboxylic acids is 1. The molecular formula is C14H11NO4S. The molecule has 0 fully saturated rings. The van der Waals surface area contributed by atoms with Crippen LogP contribution in [0.1, 0.15) is 16.9 Å². The van der Waals surface area contributed by atoms with E-state index >= 15 is 0 Å². The van der Waals surface area contributed by atoms with Crippen molar-refractivity contribution in [2.45, 2.75) is 16.2 Å². The number of carboxylic acid groups (broad SMARTS) is 1. The number of aromatic amines is 1. The molecule has 0 saturated carbocycles. The Morgan fingerprint density at radius 1 is 1.10 bits per heavy atom. The van der Waals surface area contributed by atoms with Crippen LogP contribution in [0.3, 0.4) is 0 Å². The lowest BCUT2D eigenvalue weighted by Gasteiger charge is -1.96.